The zero-order chi connectivity index (χ0) is 22.5. The summed E-state index contributed by atoms with van der Waals surface area (Å²) in [6, 6.07) is 13.4. The molecule has 2 aromatic carbocycles. The third-order valence-electron chi connectivity index (χ3n) is 5.24. The van der Waals surface area contributed by atoms with Gasteiger partial charge in [-0.05, 0) is 68.5 Å². The number of nitrogens with zero attached hydrogens (tertiary/aromatic N) is 2. The number of hydrogen-bond donors (Lipinski definition) is 2. The van der Waals surface area contributed by atoms with Crippen LogP contribution in [0.1, 0.15) is 61.1 Å². The van der Waals surface area contributed by atoms with Crippen LogP contribution in [0.15, 0.2) is 48.0 Å². The number of carbonyl (C=O) groups is 1. The van der Waals surface area contributed by atoms with E-state index >= 15 is 0 Å². The van der Waals surface area contributed by atoms with E-state index in [-0.39, 0.29) is 18.1 Å². The van der Waals surface area contributed by atoms with Crippen molar-refractivity contribution in [2.45, 2.75) is 45.8 Å². The molecule has 0 aliphatic heterocycles. The van der Waals surface area contributed by atoms with Crippen molar-refractivity contribution in [3.8, 4) is 11.8 Å². The number of aliphatic imine (C=N–C) groups is 1. The van der Waals surface area contributed by atoms with Crippen molar-refractivity contribution in [3.05, 3.63) is 70.8 Å². The van der Waals surface area contributed by atoms with E-state index in [1.807, 2.05) is 45.0 Å². The minimum Gasteiger partial charge on any atom is -0.490 e. The molecule has 1 aliphatic carbocycles. The number of rotatable bonds is 7. The largest absolute Gasteiger partial charge is 0.490 e. The number of fused-ring (bicyclic) bond motifs is 1. The van der Waals surface area contributed by atoms with Crippen molar-refractivity contribution in [1.82, 2.24) is 5.32 Å². The first-order chi connectivity index (χ1) is 14.8. The van der Waals surface area contributed by atoms with Crippen LogP contribution < -0.4 is 10.1 Å². The van der Waals surface area contributed by atoms with E-state index in [2.05, 4.69) is 18.0 Å². The van der Waals surface area contributed by atoms with Gasteiger partial charge in [-0.15, -0.1) is 0 Å². The van der Waals surface area contributed by atoms with Crippen molar-refractivity contribution < 1.29 is 14.6 Å². The predicted octanol–water partition coefficient (Wildman–Crippen LogP) is 3.92. The molecule has 31 heavy (non-hydrogen) atoms. The number of benzene rings is 2. The summed E-state index contributed by atoms with van der Waals surface area (Å²) >= 11 is 0. The van der Waals surface area contributed by atoms with Crippen LogP contribution in [0.3, 0.4) is 0 Å². The molecule has 1 amide bonds. The average Bonchev–Trinajstić information content (AvgIpc) is 3.16. The lowest BCUT2D eigenvalue weighted by atomic mass is 10.00. The van der Waals surface area contributed by atoms with Crippen LogP contribution in [0.25, 0.3) is 5.70 Å². The molecule has 1 atom stereocenters. The van der Waals surface area contributed by atoms with Gasteiger partial charge in [0.25, 0.3) is 0 Å². The summed E-state index contributed by atoms with van der Waals surface area (Å²) in [7, 11) is 0. The fourth-order valence-corrected chi connectivity index (χ4v) is 3.84. The van der Waals surface area contributed by atoms with E-state index in [4.69, 9.17) is 14.8 Å². The van der Waals surface area contributed by atoms with E-state index in [1.165, 1.54) is 0 Å². The third kappa shape index (κ3) is 5.01. The van der Waals surface area contributed by atoms with Crippen molar-refractivity contribution in [2.24, 2.45) is 4.99 Å². The molecule has 0 radical (unpaired) electrons. The second-order valence-electron chi connectivity index (χ2n) is 7.82. The summed E-state index contributed by atoms with van der Waals surface area (Å²) in [5.41, 5.74) is 5.77. The first-order valence-electron chi connectivity index (χ1n) is 10.3. The number of nitriles is 1. The van der Waals surface area contributed by atoms with Crippen LogP contribution in [0.5, 0.6) is 5.75 Å². The van der Waals surface area contributed by atoms with Gasteiger partial charge in [0.05, 0.1) is 23.4 Å². The number of aliphatic hydroxyl groups excluding tert-OH is 1. The number of carbonyl (C=O) groups excluding carboxylic acids is 1. The molecule has 160 valence electrons. The topological polar surface area (TPSA) is 94.7 Å². The zero-order valence-electron chi connectivity index (χ0n) is 18.1. The molecule has 3 rings (SSSR count). The molecule has 6 heteroatoms. The van der Waals surface area contributed by atoms with Gasteiger partial charge in [-0.1, -0.05) is 24.8 Å². The van der Waals surface area contributed by atoms with Crippen LogP contribution in [0.2, 0.25) is 0 Å². The Kier molecular flexibility index (Phi) is 6.88. The SMILES string of the molecule is C=C(N=C(C)c1ccc(OC(C)C)c(C#N)c1)c1cccc2c1CCC2NC(=O)CO. The molecule has 0 saturated carbocycles. The second kappa shape index (κ2) is 9.59. The highest BCUT2D eigenvalue weighted by molar-refractivity contribution is 6.02. The summed E-state index contributed by atoms with van der Waals surface area (Å²) in [4.78, 5) is 16.3. The Morgan fingerprint density at radius 2 is 2.16 bits per heavy atom. The van der Waals surface area contributed by atoms with Crippen LogP contribution in [0.4, 0.5) is 0 Å². The van der Waals surface area contributed by atoms with E-state index in [9.17, 15) is 10.1 Å². The summed E-state index contributed by atoms with van der Waals surface area (Å²) in [6.07, 6.45) is 1.56. The highest BCUT2D eigenvalue weighted by Crippen LogP contribution is 2.36. The molecular weight excluding hydrogens is 390 g/mol. The van der Waals surface area contributed by atoms with Gasteiger partial charge in [0, 0.05) is 11.3 Å². The Morgan fingerprint density at radius 1 is 1.39 bits per heavy atom. The van der Waals surface area contributed by atoms with E-state index in [0.29, 0.717) is 17.0 Å². The molecular formula is C25H27N3O3. The van der Waals surface area contributed by atoms with E-state index in [1.54, 1.807) is 12.1 Å². The van der Waals surface area contributed by atoms with Gasteiger partial charge in [0.15, 0.2) is 0 Å². The number of aliphatic hydroxyl groups is 1. The lowest BCUT2D eigenvalue weighted by Crippen LogP contribution is -2.29. The lowest BCUT2D eigenvalue weighted by Gasteiger charge is -2.15. The maximum atomic E-state index is 11.6. The third-order valence-corrected chi connectivity index (χ3v) is 5.24. The van der Waals surface area contributed by atoms with Gasteiger partial charge in [-0.25, -0.2) is 0 Å². The molecule has 1 aliphatic rings. The number of nitrogens with one attached hydrogen (secondary N) is 1. The fraction of sp³-hybridized carbons (Fsp3) is 0.320. The predicted molar refractivity (Wildman–Crippen MR) is 121 cm³/mol. The van der Waals surface area contributed by atoms with Crippen LogP contribution in [0, 0.1) is 11.3 Å². The highest BCUT2D eigenvalue weighted by atomic mass is 16.5. The van der Waals surface area contributed by atoms with Crippen molar-refractivity contribution in [2.75, 3.05) is 6.61 Å². The minimum absolute atomic E-state index is 0.0151. The van der Waals surface area contributed by atoms with Crippen LogP contribution >= 0.6 is 0 Å². The number of amides is 1. The molecule has 6 nitrogen and oxygen atoms in total. The highest BCUT2D eigenvalue weighted by Gasteiger charge is 2.26. The first kappa shape index (κ1) is 22.3. The lowest BCUT2D eigenvalue weighted by molar-refractivity contribution is -0.124. The van der Waals surface area contributed by atoms with Gasteiger partial charge in [0.2, 0.25) is 5.91 Å². The Bertz CT molecular complexity index is 1080. The van der Waals surface area contributed by atoms with Gasteiger partial charge in [-0.2, -0.15) is 5.26 Å². The maximum absolute atomic E-state index is 11.6. The Morgan fingerprint density at radius 3 is 2.84 bits per heavy atom. The van der Waals surface area contributed by atoms with Gasteiger partial charge in [-0.3, -0.25) is 9.79 Å². The van der Waals surface area contributed by atoms with E-state index in [0.717, 1.165) is 40.8 Å². The average molecular weight is 418 g/mol. The van der Waals surface area contributed by atoms with Crippen LogP contribution in [-0.4, -0.2) is 29.4 Å². The Labute approximate surface area is 182 Å². The Hall–Kier alpha value is -3.43. The monoisotopic (exact) mass is 417 g/mol. The standard InChI is InChI=1S/C25H27N3O3/c1-15(2)31-24-11-8-18(12-19(24)13-26)16(3)27-17(4)20-6-5-7-22-21(20)9-10-23(22)28-25(30)14-29/h5-8,11-12,15,23,29H,4,9-10,14H2,1-3H3,(H,28,30). The van der Waals surface area contributed by atoms with E-state index < -0.39 is 6.61 Å². The van der Waals surface area contributed by atoms with Gasteiger partial charge in [0.1, 0.15) is 18.4 Å². The smallest absolute Gasteiger partial charge is 0.246 e. The molecule has 1 unspecified atom stereocenters. The van der Waals surface area contributed by atoms with Crippen LogP contribution in [-0.2, 0) is 11.2 Å². The normalized spacial score (nSPS) is 15.4. The minimum atomic E-state index is -0.520. The molecule has 0 fully saturated rings. The second-order valence-corrected chi connectivity index (χ2v) is 7.82. The molecule has 0 saturated heterocycles. The number of ether oxygens (including phenoxy) is 1. The molecule has 0 spiro atoms. The molecule has 2 N–H and O–H groups in total. The maximum Gasteiger partial charge on any atom is 0.246 e. The van der Waals surface area contributed by atoms with Crippen molar-refractivity contribution in [3.63, 3.8) is 0 Å². The Balaban J connectivity index is 1.86. The number of hydrogen-bond acceptors (Lipinski definition) is 5. The zero-order valence-corrected chi connectivity index (χ0v) is 18.1. The summed E-state index contributed by atoms with van der Waals surface area (Å²) in [5, 5.41) is 21.3. The summed E-state index contributed by atoms with van der Waals surface area (Å²) < 4.78 is 5.69. The van der Waals surface area contributed by atoms with Crippen molar-refractivity contribution in [1.29, 1.82) is 5.26 Å². The first-order valence-corrected chi connectivity index (χ1v) is 10.3. The summed E-state index contributed by atoms with van der Waals surface area (Å²) in [5.74, 6) is 0.179. The molecule has 0 aromatic heterocycles. The van der Waals surface area contributed by atoms with Gasteiger partial charge >= 0.3 is 0 Å². The van der Waals surface area contributed by atoms with Gasteiger partial charge < -0.3 is 15.2 Å². The molecule has 0 heterocycles. The molecule has 2 aromatic rings. The summed E-state index contributed by atoms with van der Waals surface area (Å²) in [6.45, 7) is 9.37. The fourth-order valence-electron chi connectivity index (χ4n) is 3.84. The molecule has 0 bridgehead atoms. The van der Waals surface area contributed by atoms with Crippen molar-refractivity contribution >= 4 is 17.3 Å². The quantitative estimate of drug-likeness (QED) is 0.668.